The zero-order valence-corrected chi connectivity index (χ0v) is 22.1. The molecule has 42 heavy (non-hydrogen) atoms. The van der Waals surface area contributed by atoms with Gasteiger partial charge >= 0.3 is 12.4 Å². The molecule has 3 aromatic rings. The molecule has 2 N–H and O–H groups in total. The molecule has 3 atom stereocenters. The molecule has 4 bridgehead atoms. The Hall–Kier alpha value is -3.96. The van der Waals surface area contributed by atoms with E-state index in [1.807, 2.05) is 18.3 Å². The van der Waals surface area contributed by atoms with Crippen LogP contribution in [-0.2, 0) is 17.8 Å². The molecule has 4 aliphatic carbocycles. The van der Waals surface area contributed by atoms with Crippen molar-refractivity contribution in [2.75, 3.05) is 5.32 Å². The minimum absolute atomic E-state index is 0.0266. The standard InChI is InChI=1S/C30H26F6N4O2/c31-29(32,33)20-10-21(30(34,35)36)12-22(11-20)38-26(41)23-4-1-5-24(39-23)27(42)40-25-18-8-16-7-17(9-18)14-28(25,13-16)19-3-2-6-37-15-19/h1-6,10-12,15-18,25H,7-9,13-14H2,(H,38,41)(H,40,42). The van der Waals surface area contributed by atoms with E-state index in [1.165, 1.54) is 24.6 Å². The van der Waals surface area contributed by atoms with Crippen LogP contribution >= 0.6 is 0 Å². The summed E-state index contributed by atoms with van der Waals surface area (Å²) in [4.78, 5) is 34.8. The second-order valence-electron chi connectivity index (χ2n) is 11.6. The third-order valence-corrected chi connectivity index (χ3v) is 8.89. The van der Waals surface area contributed by atoms with E-state index in [0.717, 1.165) is 31.2 Å². The van der Waals surface area contributed by atoms with Crippen molar-refractivity contribution >= 4 is 17.5 Å². The van der Waals surface area contributed by atoms with E-state index in [0.29, 0.717) is 24.0 Å². The van der Waals surface area contributed by atoms with Crippen molar-refractivity contribution in [1.29, 1.82) is 0 Å². The Labute approximate surface area is 236 Å². The Bertz CT molecular complexity index is 1480. The molecule has 1 aromatic carbocycles. The van der Waals surface area contributed by atoms with Crippen LogP contribution in [0.5, 0.6) is 0 Å². The number of hydrogen-bond acceptors (Lipinski definition) is 4. The molecule has 0 aliphatic heterocycles. The fourth-order valence-corrected chi connectivity index (χ4v) is 7.49. The summed E-state index contributed by atoms with van der Waals surface area (Å²) in [7, 11) is 0. The van der Waals surface area contributed by atoms with Gasteiger partial charge in [0.1, 0.15) is 11.4 Å². The lowest BCUT2D eigenvalue weighted by Gasteiger charge is -2.61. The maximum Gasteiger partial charge on any atom is 0.416 e. The van der Waals surface area contributed by atoms with E-state index in [9.17, 15) is 35.9 Å². The van der Waals surface area contributed by atoms with Crippen LogP contribution in [0.25, 0.3) is 0 Å². The lowest BCUT2D eigenvalue weighted by Crippen LogP contribution is -2.64. The van der Waals surface area contributed by atoms with E-state index >= 15 is 0 Å². The number of alkyl halides is 6. The third kappa shape index (κ3) is 5.22. The highest BCUT2D eigenvalue weighted by Gasteiger charge is 2.58. The Morgan fingerprint density at radius 1 is 0.810 bits per heavy atom. The number of carbonyl (C=O) groups is 2. The topological polar surface area (TPSA) is 84.0 Å². The molecule has 6 nitrogen and oxygen atoms in total. The molecule has 2 amide bonds. The van der Waals surface area contributed by atoms with Crippen LogP contribution in [0.2, 0.25) is 0 Å². The molecule has 2 aromatic heterocycles. The van der Waals surface area contributed by atoms with Crippen LogP contribution in [0.15, 0.2) is 60.9 Å². The number of halogens is 6. The van der Waals surface area contributed by atoms with Gasteiger partial charge in [-0.1, -0.05) is 12.1 Å². The van der Waals surface area contributed by atoms with Crippen molar-refractivity contribution in [2.45, 2.75) is 55.9 Å². The van der Waals surface area contributed by atoms with Crippen molar-refractivity contribution in [3.05, 3.63) is 89.0 Å². The third-order valence-electron chi connectivity index (χ3n) is 8.89. The summed E-state index contributed by atoms with van der Waals surface area (Å²) >= 11 is 0. The Morgan fingerprint density at radius 3 is 2.00 bits per heavy atom. The molecule has 0 saturated heterocycles. The maximum atomic E-state index is 13.5. The van der Waals surface area contributed by atoms with Gasteiger partial charge in [0.2, 0.25) is 0 Å². The average molecular weight is 589 g/mol. The second kappa shape index (κ2) is 10.1. The number of nitrogens with zero attached hydrogens (tertiary/aromatic N) is 2. The van der Waals surface area contributed by atoms with Crippen LogP contribution in [0.1, 0.15) is 69.8 Å². The lowest BCUT2D eigenvalue weighted by molar-refractivity contribution is -0.143. The van der Waals surface area contributed by atoms with Gasteiger partial charge in [-0.25, -0.2) is 4.98 Å². The minimum Gasteiger partial charge on any atom is -0.347 e. The molecule has 7 rings (SSSR count). The molecule has 0 spiro atoms. The number of anilines is 1. The molecule has 4 fully saturated rings. The van der Waals surface area contributed by atoms with Crippen LogP contribution in [-0.4, -0.2) is 27.8 Å². The Kier molecular flexibility index (Phi) is 6.77. The largest absolute Gasteiger partial charge is 0.416 e. The van der Waals surface area contributed by atoms with Gasteiger partial charge in [-0.3, -0.25) is 14.6 Å². The van der Waals surface area contributed by atoms with E-state index in [2.05, 4.69) is 20.6 Å². The highest BCUT2D eigenvalue weighted by molar-refractivity contribution is 6.04. The van der Waals surface area contributed by atoms with Gasteiger partial charge in [0.25, 0.3) is 11.8 Å². The quantitative estimate of drug-likeness (QED) is 0.327. The van der Waals surface area contributed by atoms with Crippen LogP contribution in [0.4, 0.5) is 32.0 Å². The summed E-state index contributed by atoms with van der Waals surface area (Å²) in [5.74, 6) is -0.137. The minimum atomic E-state index is -5.07. The Morgan fingerprint density at radius 2 is 1.43 bits per heavy atom. The number of benzene rings is 1. The summed E-state index contributed by atoms with van der Waals surface area (Å²) in [5, 5.41) is 5.23. The van der Waals surface area contributed by atoms with Crippen molar-refractivity contribution in [2.24, 2.45) is 17.8 Å². The van der Waals surface area contributed by atoms with Crippen LogP contribution in [0, 0.1) is 17.8 Å². The van der Waals surface area contributed by atoms with Gasteiger partial charge in [0.15, 0.2) is 0 Å². The number of rotatable bonds is 5. The molecule has 0 radical (unpaired) electrons. The van der Waals surface area contributed by atoms with E-state index in [4.69, 9.17) is 0 Å². The molecule has 220 valence electrons. The number of hydrogen-bond donors (Lipinski definition) is 2. The summed E-state index contributed by atoms with van der Waals surface area (Å²) in [6, 6.07) is 8.57. The molecule has 4 aliphatic rings. The summed E-state index contributed by atoms with van der Waals surface area (Å²) in [6.07, 6.45) is -1.49. The zero-order chi connectivity index (χ0) is 29.9. The van der Waals surface area contributed by atoms with Crippen LogP contribution in [0.3, 0.4) is 0 Å². The van der Waals surface area contributed by atoms with Crippen molar-refractivity contribution in [1.82, 2.24) is 15.3 Å². The first-order valence-electron chi connectivity index (χ1n) is 13.6. The normalized spacial score (nSPS) is 26.6. The fourth-order valence-electron chi connectivity index (χ4n) is 7.49. The van der Waals surface area contributed by atoms with Gasteiger partial charge in [-0.15, -0.1) is 0 Å². The monoisotopic (exact) mass is 588 g/mol. The Balaban J connectivity index is 1.24. The van der Waals surface area contributed by atoms with Gasteiger partial charge in [0, 0.05) is 29.5 Å². The number of nitrogens with one attached hydrogen (secondary N) is 2. The average Bonchev–Trinajstić information content (AvgIpc) is 2.94. The molecule has 4 saturated carbocycles. The van der Waals surface area contributed by atoms with Crippen molar-refractivity contribution in [3.63, 3.8) is 0 Å². The molecule has 12 heteroatoms. The molecular formula is C30H26F6N4O2. The number of carbonyl (C=O) groups excluding carboxylic acids is 2. The smallest absolute Gasteiger partial charge is 0.347 e. The number of pyridine rings is 2. The van der Waals surface area contributed by atoms with Crippen LogP contribution < -0.4 is 10.6 Å². The molecule has 2 heterocycles. The van der Waals surface area contributed by atoms with Gasteiger partial charge in [-0.05, 0) is 91.8 Å². The van der Waals surface area contributed by atoms with Gasteiger partial charge in [-0.2, -0.15) is 26.3 Å². The van der Waals surface area contributed by atoms with Gasteiger partial charge in [0.05, 0.1) is 11.1 Å². The predicted octanol–water partition coefficient (Wildman–Crippen LogP) is 6.64. The maximum absolute atomic E-state index is 13.5. The second-order valence-corrected chi connectivity index (χ2v) is 11.6. The fraction of sp³-hybridized carbons (Fsp3) is 0.400. The van der Waals surface area contributed by atoms with Gasteiger partial charge < -0.3 is 10.6 Å². The highest BCUT2D eigenvalue weighted by Crippen LogP contribution is 2.60. The number of amides is 2. The highest BCUT2D eigenvalue weighted by atomic mass is 19.4. The van der Waals surface area contributed by atoms with E-state index in [1.54, 1.807) is 6.20 Å². The summed E-state index contributed by atoms with van der Waals surface area (Å²) in [5.41, 5.74) is -3.44. The summed E-state index contributed by atoms with van der Waals surface area (Å²) in [6.45, 7) is 0. The van der Waals surface area contributed by atoms with Crippen molar-refractivity contribution < 1.29 is 35.9 Å². The molecule has 3 unspecified atom stereocenters. The first-order valence-corrected chi connectivity index (χ1v) is 13.6. The van der Waals surface area contributed by atoms with E-state index in [-0.39, 0.29) is 34.8 Å². The van der Waals surface area contributed by atoms with Crippen molar-refractivity contribution in [3.8, 4) is 0 Å². The predicted molar refractivity (Wildman–Crippen MR) is 139 cm³/mol. The number of aromatic nitrogens is 2. The zero-order valence-electron chi connectivity index (χ0n) is 22.1. The van der Waals surface area contributed by atoms with E-state index < -0.39 is 41.0 Å². The molecular weight excluding hydrogens is 562 g/mol. The summed E-state index contributed by atoms with van der Waals surface area (Å²) < 4.78 is 79.4. The SMILES string of the molecule is O=C(Nc1cc(C(F)(F)F)cc(C(F)(F)F)c1)c1cccc(C(=O)NC2C3CC4CC(C3)CC2(c2cccnc2)C4)n1. The first kappa shape index (κ1) is 28.2. The first-order chi connectivity index (χ1) is 19.8. The lowest BCUT2D eigenvalue weighted by atomic mass is 9.46.